The first-order valence-corrected chi connectivity index (χ1v) is 10.4. The van der Waals surface area contributed by atoms with Crippen molar-refractivity contribution in [3.8, 4) is 0 Å². The third-order valence-corrected chi connectivity index (χ3v) is 5.69. The summed E-state index contributed by atoms with van der Waals surface area (Å²) >= 11 is 6.88. The molecule has 27 heavy (non-hydrogen) atoms. The van der Waals surface area contributed by atoms with Crippen LogP contribution in [0.25, 0.3) is 5.03 Å². The number of anilines is 1. The van der Waals surface area contributed by atoms with Crippen LogP contribution in [0.5, 0.6) is 0 Å². The van der Waals surface area contributed by atoms with Gasteiger partial charge in [-0.25, -0.2) is 0 Å². The first kappa shape index (κ1) is 21.5. The molecular formula is C24H33ClN2. The van der Waals surface area contributed by atoms with Crippen molar-refractivity contribution in [3.63, 3.8) is 0 Å². The predicted molar refractivity (Wildman–Crippen MR) is 120 cm³/mol. The van der Waals surface area contributed by atoms with Gasteiger partial charge in [0.1, 0.15) is 0 Å². The van der Waals surface area contributed by atoms with Gasteiger partial charge in [0.2, 0.25) is 0 Å². The highest BCUT2D eigenvalue weighted by atomic mass is 35.5. The number of aryl methyl sites for hydroxylation is 2. The van der Waals surface area contributed by atoms with Crippen LogP contribution in [0.3, 0.4) is 0 Å². The zero-order valence-electron chi connectivity index (χ0n) is 17.2. The van der Waals surface area contributed by atoms with Crippen molar-refractivity contribution in [2.45, 2.75) is 59.9 Å². The molecule has 0 aliphatic rings. The molecule has 2 nitrogen and oxygen atoms in total. The molecule has 146 valence electrons. The molecule has 0 saturated heterocycles. The molecular weight excluding hydrogens is 352 g/mol. The number of unbranched alkanes of at least 4 members (excludes halogenated alkanes) is 1. The number of hydrogen-bond acceptors (Lipinski definition) is 2. The number of benzene rings is 2. The molecule has 2 aromatic carbocycles. The Morgan fingerprint density at radius 1 is 1.04 bits per heavy atom. The lowest BCUT2D eigenvalue weighted by Crippen LogP contribution is -2.30. The fourth-order valence-electron chi connectivity index (χ4n) is 3.33. The molecule has 0 unspecified atom stereocenters. The lowest BCUT2D eigenvalue weighted by Gasteiger charge is -2.26. The van der Waals surface area contributed by atoms with Gasteiger partial charge >= 0.3 is 0 Å². The van der Waals surface area contributed by atoms with Crippen LogP contribution >= 0.6 is 11.6 Å². The summed E-state index contributed by atoms with van der Waals surface area (Å²) in [5.41, 5.74) is 13.5. The Bertz CT molecular complexity index is 780. The highest BCUT2D eigenvalue weighted by Crippen LogP contribution is 2.35. The Morgan fingerprint density at radius 2 is 1.78 bits per heavy atom. The van der Waals surface area contributed by atoms with E-state index in [0.29, 0.717) is 6.67 Å². The summed E-state index contributed by atoms with van der Waals surface area (Å²) in [6.07, 6.45) is 4.38. The third kappa shape index (κ3) is 5.60. The topological polar surface area (TPSA) is 29.3 Å². The number of nitrogens with zero attached hydrogens (tertiary/aromatic N) is 1. The average molecular weight is 385 g/mol. The van der Waals surface area contributed by atoms with E-state index in [4.69, 9.17) is 17.3 Å². The Balaban J connectivity index is 2.38. The summed E-state index contributed by atoms with van der Waals surface area (Å²) in [7, 11) is 0. The molecule has 0 amide bonds. The number of allylic oxidation sites excluding steroid dienone is 1. The van der Waals surface area contributed by atoms with Crippen molar-refractivity contribution >= 4 is 22.3 Å². The molecule has 0 aromatic heterocycles. The standard InChI is InChI=1S/C24H33ClN2/c1-5-7-10-21(6-2)24(25)22-11-8-9-12-23(22)27(17-26)16-20-14-13-18(3)19(4)15-20/h8-9,11-15H,5-7,10,16-17,26H2,1-4H3/b24-21-. The minimum atomic E-state index is 0.449. The van der Waals surface area contributed by atoms with Gasteiger partial charge in [0.05, 0.1) is 6.67 Å². The number of nitrogens with two attached hydrogens (primary N) is 1. The fraction of sp³-hybridized carbons (Fsp3) is 0.417. The van der Waals surface area contributed by atoms with Crippen molar-refractivity contribution < 1.29 is 0 Å². The van der Waals surface area contributed by atoms with Crippen LogP contribution in [0.15, 0.2) is 48.0 Å². The summed E-state index contributed by atoms with van der Waals surface area (Å²) in [5, 5.41) is 0.889. The molecule has 0 aliphatic heterocycles. The molecule has 2 aromatic rings. The molecule has 0 saturated carbocycles. The average Bonchev–Trinajstić information content (AvgIpc) is 2.69. The van der Waals surface area contributed by atoms with Gasteiger partial charge in [0.15, 0.2) is 0 Å². The highest BCUT2D eigenvalue weighted by Gasteiger charge is 2.15. The van der Waals surface area contributed by atoms with Crippen molar-refractivity contribution in [1.29, 1.82) is 0 Å². The van der Waals surface area contributed by atoms with Gasteiger partial charge < -0.3 is 10.6 Å². The summed E-state index contributed by atoms with van der Waals surface area (Å²) in [6.45, 7) is 9.92. The SMILES string of the molecule is CCCC/C(CC)=C(\Cl)c1ccccc1N(CN)Cc1ccc(C)c(C)c1. The van der Waals surface area contributed by atoms with Gasteiger partial charge in [-0.2, -0.15) is 0 Å². The van der Waals surface area contributed by atoms with E-state index in [0.717, 1.165) is 35.7 Å². The molecule has 2 rings (SSSR count). The number of halogens is 1. The Labute approximate surface area is 170 Å². The first-order valence-electron chi connectivity index (χ1n) is 9.99. The lowest BCUT2D eigenvalue weighted by molar-refractivity contribution is 0.769. The van der Waals surface area contributed by atoms with Gasteiger partial charge in [-0.1, -0.05) is 73.8 Å². The van der Waals surface area contributed by atoms with Crippen LogP contribution in [0.1, 0.15) is 61.8 Å². The Morgan fingerprint density at radius 3 is 2.41 bits per heavy atom. The Kier molecular flexibility index (Phi) is 8.40. The maximum atomic E-state index is 6.88. The maximum Gasteiger partial charge on any atom is 0.0661 e. The molecule has 0 heterocycles. The van der Waals surface area contributed by atoms with E-state index >= 15 is 0 Å². The van der Waals surface area contributed by atoms with E-state index in [1.807, 2.05) is 0 Å². The maximum absolute atomic E-state index is 6.88. The van der Waals surface area contributed by atoms with Crippen LogP contribution in [0.2, 0.25) is 0 Å². The van der Waals surface area contributed by atoms with E-state index in [9.17, 15) is 0 Å². The van der Waals surface area contributed by atoms with E-state index in [-0.39, 0.29) is 0 Å². The van der Waals surface area contributed by atoms with Crippen LogP contribution in [0, 0.1) is 13.8 Å². The number of rotatable bonds is 9. The summed E-state index contributed by atoms with van der Waals surface area (Å²) in [4.78, 5) is 2.20. The monoisotopic (exact) mass is 384 g/mol. The van der Waals surface area contributed by atoms with E-state index in [1.165, 1.54) is 35.1 Å². The molecule has 2 N–H and O–H groups in total. The van der Waals surface area contributed by atoms with E-state index in [2.05, 4.69) is 75.1 Å². The van der Waals surface area contributed by atoms with Crippen molar-refractivity contribution in [2.24, 2.45) is 5.73 Å². The predicted octanol–water partition coefficient (Wildman–Crippen LogP) is 6.78. The van der Waals surface area contributed by atoms with Crippen LogP contribution in [0.4, 0.5) is 5.69 Å². The van der Waals surface area contributed by atoms with Crippen LogP contribution in [-0.4, -0.2) is 6.67 Å². The zero-order valence-corrected chi connectivity index (χ0v) is 17.9. The molecule has 3 heteroatoms. The summed E-state index contributed by atoms with van der Waals surface area (Å²) in [6, 6.07) is 15.0. The van der Waals surface area contributed by atoms with Crippen LogP contribution < -0.4 is 10.6 Å². The largest absolute Gasteiger partial charge is 0.354 e. The van der Waals surface area contributed by atoms with Gasteiger partial charge in [-0.15, -0.1) is 0 Å². The van der Waals surface area contributed by atoms with Crippen molar-refractivity contribution in [3.05, 3.63) is 70.3 Å². The fourth-order valence-corrected chi connectivity index (χ4v) is 3.72. The molecule has 0 radical (unpaired) electrons. The quantitative estimate of drug-likeness (QED) is 0.483. The van der Waals surface area contributed by atoms with E-state index < -0.39 is 0 Å². The molecule has 0 fully saturated rings. The van der Waals surface area contributed by atoms with Crippen molar-refractivity contribution in [1.82, 2.24) is 0 Å². The minimum Gasteiger partial charge on any atom is -0.354 e. The van der Waals surface area contributed by atoms with Gasteiger partial charge in [-0.05, 0) is 55.9 Å². The summed E-state index contributed by atoms with van der Waals surface area (Å²) < 4.78 is 0. The van der Waals surface area contributed by atoms with E-state index in [1.54, 1.807) is 0 Å². The molecule has 0 bridgehead atoms. The summed E-state index contributed by atoms with van der Waals surface area (Å²) in [5.74, 6) is 0. The normalized spacial score (nSPS) is 12.1. The first-order chi connectivity index (χ1) is 13.0. The second-order valence-corrected chi connectivity index (χ2v) is 7.57. The number of para-hydroxylation sites is 1. The minimum absolute atomic E-state index is 0.449. The van der Waals surface area contributed by atoms with Crippen molar-refractivity contribution in [2.75, 3.05) is 11.6 Å². The van der Waals surface area contributed by atoms with Gasteiger partial charge in [0, 0.05) is 22.8 Å². The van der Waals surface area contributed by atoms with Crippen LogP contribution in [-0.2, 0) is 6.54 Å². The zero-order chi connectivity index (χ0) is 19.8. The smallest absolute Gasteiger partial charge is 0.0661 e. The lowest BCUT2D eigenvalue weighted by atomic mass is 10.0. The number of hydrogen-bond donors (Lipinski definition) is 1. The highest BCUT2D eigenvalue weighted by molar-refractivity contribution is 6.49. The molecule has 0 aliphatic carbocycles. The third-order valence-electron chi connectivity index (χ3n) is 5.22. The second-order valence-electron chi connectivity index (χ2n) is 7.19. The molecule has 0 spiro atoms. The second kappa shape index (κ2) is 10.5. The molecule has 0 atom stereocenters. The van der Waals surface area contributed by atoms with Gasteiger partial charge in [-0.3, -0.25) is 0 Å². The van der Waals surface area contributed by atoms with Gasteiger partial charge in [0.25, 0.3) is 0 Å². The Hall–Kier alpha value is -1.77.